The van der Waals surface area contributed by atoms with Crippen LogP contribution >= 0.6 is 34.7 Å². The Morgan fingerprint density at radius 1 is 1.03 bits per heavy atom. The Balaban J connectivity index is 1.38. The smallest absolute Gasteiger partial charge is 0.258 e. The summed E-state index contributed by atoms with van der Waals surface area (Å²) >= 11 is 9.27. The Morgan fingerprint density at radius 2 is 1.91 bits per heavy atom. The molecule has 5 rings (SSSR count). The molecule has 33 heavy (non-hydrogen) atoms. The molecule has 6 nitrogen and oxygen atoms in total. The van der Waals surface area contributed by atoms with E-state index in [4.69, 9.17) is 11.6 Å². The van der Waals surface area contributed by atoms with E-state index in [0.717, 1.165) is 30.4 Å². The third kappa shape index (κ3) is 5.19. The SMILES string of the molecule is O=c1cc(CSc2nnc(Cc3cccs3)n2CCc2ccccc2)nc2ccc(Cl)cn12. The third-order valence-corrected chi connectivity index (χ3v) is 7.30. The number of nitrogens with zero attached hydrogens (tertiary/aromatic N) is 5. The van der Waals surface area contributed by atoms with Crippen molar-refractivity contribution in [3.63, 3.8) is 0 Å². The van der Waals surface area contributed by atoms with Crippen molar-refractivity contribution in [2.75, 3.05) is 0 Å². The number of aryl methyl sites for hydroxylation is 1. The van der Waals surface area contributed by atoms with E-state index in [1.807, 2.05) is 6.07 Å². The molecule has 4 heterocycles. The highest BCUT2D eigenvalue weighted by atomic mass is 35.5. The van der Waals surface area contributed by atoms with Crippen molar-refractivity contribution < 1.29 is 0 Å². The normalized spacial score (nSPS) is 11.3. The zero-order valence-electron chi connectivity index (χ0n) is 17.6. The minimum Gasteiger partial charge on any atom is -0.305 e. The first-order chi connectivity index (χ1) is 16.2. The summed E-state index contributed by atoms with van der Waals surface area (Å²) in [6, 6.07) is 19.6. The summed E-state index contributed by atoms with van der Waals surface area (Å²) in [7, 11) is 0. The van der Waals surface area contributed by atoms with Gasteiger partial charge in [0.15, 0.2) is 5.16 Å². The van der Waals surface area contributed by atoms with Gasteiger partial charge in [-0.2, -0.15) is 0 Å². The van der Waals surface area contributed by atoms with Crippen molar-refractivity contribution >= 4 is 40.3 Å². The highest BCUT2D eigenvalue weighted by Gasteiger charge is 2.15. The van der Waals surface area contributed by atoms with Gasteiger partial charge in [0.1, 0.15) is 11.5 Å². The molecule has 1 aromatic carbocycles. The molecule has 0 aliphatic carbocycles. The zero-order valence-corrected chi connectivity index (χ0v) is 20.0. The Hall–Kier alpha value is -2.94. The Labute approximate surface area is 203 Å². The second-order valence-electron chi connectivity index (χ2n) is 7.49. The van der Waals surface area contributed by atoms with Crippen LogP contribution < -0.4 is 5.56 Å². The minimum absolute atomic E-state index is 0.151. The van der Waals surface area contributed by atoms with Crippen LogP contribution in [0.5, 0.6) is 0 Å². The van der Waals surface area contributed by atoms with Gasteiger partial charge in [-0.05, 0) is 35.6 Å². The van der Waals surface area contributed by atoms with Crippen LogP contribution in [0.4, 0.5) is 0 Å². The summed E-state index contributed by atoms with van der Waals surface area (Å²) in [6.45, 7) is 0.784. The van der Waals surface area contributed by atoms with E-state index in [2.05, 4.69) is 61.5 Å². The number of rotatable bonds is 8. The first-order valence-corrected chi connectivity index (χ1v) is 12.7. The average Bonchev–Trinajstić information content (AvgIpc) is 3.48. The molecule has 0 saturated carbocycles. The third-order valence-electron chi connectivity index (χ3n) is 5.20. The second kappa shape index (κ2) is 9.91. The molecule has 0 bridgehead atoms. The van der Waals surface area contributed by atoms with Crippen LogP contribution in [0.25, 0.3) is 5.65 Å². The Morgan fingerprint density at radius 3 is 2.73 bits per heavy atom. The molecular weight excluding hydrogens is 474 g/mol. The summed E-state index contributed by atoms with van der Waals surface area (Å²) in [6.07, 6.45) is 3.22. The summed E-state index contributed by atoms with van der Waals surface area (Å²) in [5.74, 6) is 1.47. The maximum atomic E-state index is 12.5. The van der Waals surface area contributed by atoms with Gasteiger partial charge in [-0.25, -0.2) is 4.98 Å². The summed E-state index contributed by atoms with van der Waals surface area (Å²) in [5, 5.41) is 12.4. The molecule has 5 aromatic rings. The van der Waals surface area contributed by atoms with Gasteiger partial charge in [-0.1, -0.05) is 59.8 Å². The molecule has 0 aliphatic rings. The topological polar surface area (TPSA) is 65.1 Å². The minimum atomic E-state index is -0.151. The average molecular weight is 494 g/mol. The van der Waals surface area contributed by atoms with Crippen LogP contribution in [0.3, 0.4) is 0 Å². The van der Waals surface area contributed by atoms with Gasteiger partial charge in [-0.15, -0.1) is 21.5 Å². The summed E-state index contributed by atoms with van der Waals surface area (Å²) in [5.41, 5.74) is 2.39. The number of thiophene rings is 1. The van der Waals surface area contributed by atoms with E-state index >= 15 is 0 Å². The van der Waals surface area contributed by atoms with E-state index < -0.39 is 0 Å². The molecule has 0 unspecified atom stereocenters. The zero-order chi connectivity index (χ0) is 22.6. The highest BCUT2D eigenvalue weighted by molar-refractivity contribution is 7.98. The Kier molecular flexibility index (Phi) is 6.57. The van der Waals surface area contributed by atoms with E-state index in [9.17, 15) is 4.79 Å². The largest absolute Gasteiger partial charge is 0.305 e. The monoisotopic (exact) mass is 493 g/mol. The second-order valence-corrected chi connectivity index (χ2v) is 9.90. The first-order valence-electron chi connectivity index (χ1n) is 10.4. The molecule has 0 aliphatic heterocycles. The van der Waals surface area contributed by atoms with Crippen LogP contribution in [0.2, 0.25) is 5.02 Å². The number of hydrogen-bond acceptors (Lipinski definition) is 6. The maximum absolute atomic E-state index is 12.5. The number of fused-ring (bicyclic) bond motifs is 1. The maximum Gasteiger partial charge on any atom is 0.258 e. The fourth-order valence-corrected chi connectivity index (χ4v) is 5.31. The van der Waals surface area contributed by atoms with Crippen LogP contribution in [-0.2, 0) is 25.1 Å². The number of thioether (sulfide) groups is 1. The lowest BCUT2D eigenvalue weighted by atomic mass is 10.1. The van der Waals surface area contributed by atoms with Gasteiger partial charge in [0.2, 0.25) is 0 Å². The molecule has 0 fully saturated rings. The van der Waals surface area contributed by atoms with Crippen molar-refractivity contribution in [2.45, 2.75) is 30.3 Å². The molecule has 0 N–H and O–H groups in total. The lowest BCUT2D eigenvalue weighted by molar-refractivity contribution is 0.610. The quantitative estimate of drug-likeness (QED) is 0.280. The predicted octanol–water partition coefficient (Wildman–Crippen LogP) is 5.13. The number of halogens is 1. The van der Waals surface area contributed by atoms with Gasteiger partial charge >= 0.3 is 0 Å². The van der Waals surface area contributed by atoms with Crippen molar-refractivity contribution in [2.24, 2.45) is 0 Å². The van der Waals surface area contributed by atoms with Gasteiger partial charge in [0.05, 0.1) is 10.7 Å². The lowest BCUT2D eigenvalue weighted by Gasteiger charge is -2.10. The first kappa shape index (κ1) is 21.9. The molecule has 9 heteroatoms. The molecule has 0 radical (unpaired) electrons. The number of benzene rings is 1. The van der Waals surface area contributed by atoms with Gasteiger partial charge < -0.3 is 4.57 Å². The molecular formula is C24H20ClN5OS2. The van der Waals surface area contributed by atoms with Gasteiger partial charge in [-0.3, -0.25) is 9.20 Å². The molecule has 4 aromatic heterocycles. The predicted molar refractivity (Wildman–Crippen MR) is 133 cm³/mol. The van der Waals surface area contributed by atoms with E-state index in [1.165, 1.54) is 14.8 Å². The summed E-state index contributed by atoms with van der Waals surface area (Å²) in [4.78, 5) is 18.4. The summed E-state index contributed by atoms with van der Waals surface area (Å²) < 4.78 is 3.64. The van der Waals surface area contributed by atoms with Crippen LogP contribution in [0.1, 0.15) is 22.0 Å². The van der Waals surface area contributed by atoms with Gasteiger partial charge in [0, 0.05) is 35.9 Å². The molecule has 0 saturated heterocycles. The number of aromatic nitrogens is 5. The lowest BCUT2D eigenvalue weighted by Crippen LogP contribution is -2.15. The van der Waals surface area contributed by atoms with E-state index in [1.54, 1.807) is 47.5 Å². The molecule has 0 atom stereocenters. The van der Waals surface area contributed by atoms with Crippen molar-refractivity contribution in [1.82, 2.24) is 24.1 Å². The van der Waals surface area contributed by atoms with Crippen molar-refractivity contribution in [3.05, 3.63) is 110 Å². The number of pyridine rings is 1. The van der Waals surface area contributed by atoms with Gasteiger partial charge in [0.25, 0.3) is 5.56 Å². The van der Waals surface area contributed by atoms with Crippen LogP contribution in [0, 0.1) is 0 Å². The number of hydrogen-bond donors (Lipinski definition) is 0. The van der Waals surface area contributed by atoms with E-state index in [-0.39, 0.29) is 5.56 Å². The fourth-order valence-electron chi connectivity index (χ4n) is 3.57. The molecule has 166 valence electrons. The van der Waals surface area contributed by atoms with Crippen LogP contribution in [-0.4, -0.2) is 24.1 Å². The Bertz CT molecular complexity index is 1430. The van der Waals surface area contributed by atoms with Crippen LogP contribution in [0.15, 0.2) is 82.2 Å². The molecule has 0 spiro atoms. The van der Waals surface area contributed by atoms with Crippen molar-refractivity contribution in [3.8, 4) is 0 Å². The highest BCUT2D eigenvalue weighted by Crippen LogP contribution is 2.24. The standard InChI is InChI=1S/C24H20ClN5OS2/c25-18-8-9-21-26-19(13-23(31)30(21)15-18)16-33-24-28-27-22(14-20-7-4-12-32-20)29(24)11-10-17-5-2-1-3-6-17/h1-9,12-13,15H,10-11,14,16H2. The van der Waals surface area contributed by atoms with E-state index in [0.29, 0.717) is 22.1 Å². The fraction of sp³-hybridized carbons (Fsp3) is 0.167. The van der Waals surface area contributed by atoms with Crippen molar-refractivity contribution in [1.29, 1.82) is 0 Å². The molecule has 0 amide bonds.